The van der Waals surface area contributed by atoms with Crippen molar-refractivity contribution in [3.05, 3.63) is 57.6 Å². The van der Waals surface area contributed by atoms with E-state index in [-0.39, 0.29) is 16.3 Å². The van der Waals surface area contributed by atoms with E-state index in [1.165, 1.54) is 12.1 Å². The maximum absolute atomic E-state index is 12.7. The van der Waals surface area contributed by atoms with Crippen LogP contribution in [-0.2, 0) is 10.0 Å². The van der Waals surface area contributed by atoms with Gasteiger partial charge in [-0.25, -0.2) is 8.42 Å². The molecular formula is C18H22N4O4S. The smallest absolute Gasteiger partial charge is 0.279 e. The average Bonchev–Trinajstić information content (AvgIpc) is 2.61. The number of nitro benzene ring substituents is 1. The van der Waals surface area contributed by atoms with Crippen LogP contribution in [0.4, 0.5) is 17.1 Å². The monoisotopic (exact) mass is 390 g/mol. The lowest BCUT2D eigenvalue weighted by Gasteiger charge is -2.12. The van der Waals surface area contributed by atoms with Crippen molar-refractivity contribution in [3.63, 3.8) is 0 Å². The first kappa shape index (κ1) is 20.4. The summed E-state index contributed by atoms with van der Waals surface area (Å²) < 4.78 is 27.8. The lowest BCUT2D eigenvalue weighted by atomic mass is 10.1. The molecule has 27 heavy (non-hydrogen) atoms. The van der Waals surface area contributed by atoms with Gasteiger partial charge in [0.1, 0.15) is 5.69 Å². The van der Waals surface area contributed by atoms with Crippen LogP contribution in [0.2, 0.25) is 0 Å². The average molecular weight is 390 g/mol. The Morgan fingerprint density at radius 2 is 1.81 bits per heavy atom. The SMILES string of the molecule is CC/C(C)=N\Nc1ccc(S(=O)(=O)Nc2ccc(C)cc2C)cc1[N+](=O)[O-]. The standard InChI is InChI=1S/C18H22N4O4S/c1-5-14(4)19-20-17-9-7-15(11-18(17)22(23)24)27(25,26)21-16-8-6-12(2)10-13(16)3/h6-11,20-21H,5H2,1-4H3/b19-14-. The molecule has 0 saturated carbocycles. The van der Waals surface area contributed by atoms with E-state index in [1.54, 1.807) is 26.0 Å². The number of hydrogen-bond acceptors (Lipinski definition) is 6. The zero-order valence-electron chi connectivity index (χ0n) is 15.6. The topological polar surface area (TPSA) is 114 Å². The van der Waals surface area contributed by atoms with Crippen LogP contribution < -0.4 is 10.1 Å². The van der Waals surface area contributed by atoms with Crippen LogP contribution in [0.1, 0.15) is 31.4 Å². The van der Waals surface area contributed by atoms with Gasteiger partial charge in [0.25, 0.3) is 15.7 Å². The van der Waals surface area contributed by atoms with Gasteiger partial charge >= 0.3 is 0 Å². The highest BCUT2D eigenvalue weighted by Gasteiger charge is 2.22. The number of hydrazone groups is 1. The van der Waals surface area contributed by atoms with Crippen LogP contribution in [0.15, 0.2) is 46.4 Å². The van der Waals surface area contributed by atoms with E-state index in [0.717, 1.165) is 22.9 Å². The minimum atomic E-state index is -3.98. The Hall–Kier alpha value is -2.94. The van der Waals surface area contributed by atoms with Gasteiger partial charge in [-0.15, -0.1) is 0 Å². The molecule has 0 unspecified atom stereocenters. The molecule has 0 aliphatic heterocycles. The molecule has 8 nitrogen and oxygen atoms in total. The Morgan fingerprint density at radius 1 is 1.15 bits per heavy atom. The zero-order valence-corrected chi connectivity index (χ0v) is 16.4. The molecule has 0 heterocycles. The van der Waals surface area contributed by atoms with Gasteiger partial charge in [-0.05, 0) is 51.0 Å². The van der Waals surface area contributed by atoms with Crippen LogP contribution in [0.25, 0.3) is 0 Å². The Kier molecular flexibility index (Phi) is 6.17. The van der Waals surface area contributed by atoms with Crippen molar-refractivity contribution in [2.24, 2.45) is 5.10 Å². The number of hydrogen-bond donors (Lipinski definition) is 2. The highest BCUT2D eigenvalue weighted by atomic mass is 32.2. The van der Waals surface area contributed by atoms with Gasteiger partial charge in [-0.2, -0.15) is 5.10 Å². The summed E-state index contributed by atoms with van der Waals surface area (Å²) in [5.41, 5.74) is 5.32. The van der Waals surface area contributed by atoms with Crippen LogP contribution in [0.5, 0.6) is 0 Å². The van der Waals surface area contributed by atoms with Crippen molar-refractivity contribution in [1.29, 1.82) is 0 Å². The third-order valence-corrected chi connectivity index (χ3v) is 5.34. The van der Waals surface area contributed by atoms with Crippen molar-refractivity contribution in [1.82, 2.24) is 0 Å². The Bertz CT molecular complexity index is 1000. The Morgan fingerprint density at radius 3 is 2.41 bits per heavy atom. The van der Waals surface area contributed by atoms with Gasteiger partial charge in [0.2, 0.25) is 0 Å². The second-order valence-corrected chi connectivity index (χ2v) is 7.85. The maximum Gasteiger partial charge on any atom is 0.295 e. The van der Waals surface area contributed by atoms with Crippen molar-refractivity contribution < 1.29 is 13.3 Å². The fourth-order valence-electron chi connectivity index (χ4n) is 2.29. The first-order valence-electron chi connectivity index (χ1n) is 8.31. The predicted molar refractivity (Wildman–Crippen MR) is 107 cm³/mol. The van der Waals surface area contributed by atoms with Crippen molar-refractivity contribution in [2.45, 2.75) is 39.0 Å². The lowest BCUT2D eigenvalue weighted by molar-refractivity contribution is -0.384. The molecule has 144 valence electrons. The third-order valence-electron chi connectivity index (χ3n) is 3.98. The highest BCUT2D eigenvalue weighted by molar-refractivity contribution is 7.92. The maximum atomic E-state index is 12.7. The van der Waals surface area contributed by atoms with Gasteiger partial charge < -0.3 is 0 Å². The summed E-state index contributed by atoms with van der Waals surface area (Å²) in [5.74, 6) is 0. The quantitative estimate of drug-likeness (QED) is 0.417. The summed E-state index contributed by atoms with van der Waals surface area (Å²) in [7, 11) is -3.98. The number of benzene rings is 2. The molecule has 0 radical (unpaired) electrons. The van der Waals surface area contributed by atoms with Gasteiger partial charge in [-0.1, -0.05) is 24.6 Å². The summed E-state index contributed by atoms with van der Waals surface area (Å²) in [6.07, 6.45) is 0.688. The van der Waals surface area contributed by atoms with Crippen molar-refractivity contribution in [2.75, 3.05) is 10.1 Å². The third kappa shape index (κ3) is 5.04. The Labute approximate surface area is 158 Å². The summed E-state index contributed by atoms with van der Waals surface area (Å²) >= 11 is 0. The number of rotatable bonds is 7. The van der Waals surface area contributed by atoms with Gasteiger partial charge in [0.05, 0.1) is 15.5 Å². The second-order valence-electron chi connectivity index (χ2n) is 6.17. The summed E-state index contributed by atoms with van der Waals surface area (Å²) in [5, 5.41) is 15.4. The summed E-state index contributed by atoms with van der Waals surface area (Å²) in [6, 6.07) is 8.95. The molecule has 2 aromatic rings. The molecule has 0 aromatic heterocycles. The van der Waals surface area contributed by atoms with E-state index in [4.69, 9.17) is 0 Å². The number of aryl methyl sites for hydroxylation is 2. The molecule has 0 saturated heterocycles. The summed E-state index contributed by atoms with van der Waals surface area (Å²) in [6.45, 7) is 7.38. The zero-order chi connectivity index (χ0) is 20.2. The molecule has 0 bridgehead atoms. The van der Waals surface area contributed by atoms with E-state index in [0.29, 0.717) is 12.1 Å². The van der Waals surface area contributed by atoms with Gasteiger partial charge in [0, 0.05) is 11.8 Å². The van der Waals surface area contributed by atoms with Crippen LogP contribution >= 0.6 is 0 Å². The minimum absolute atomic E-state index is 0.123. The number of sulfonamides is 1. The number of nitro groups is 1. The van der Waals surface area contributed by atoms with E-state index in [1.807, 2.05) is 19.9 Å². The van der Waals surface area contributed by atoms with Crippen molar-refractivity contribution >= 4 is 32.8 Å². The van der Waals surface area contributed by atoms with Crippen LogP contribution in [0, 0.1) is 24.0 Å². The molecule has 2 rings (SSSR count). The number of nitrogens with one attached hydrogen (secondary N) is 2. The molecule has 2 N–H and O–H groups in total. The number of nitrogens with zero attached hydrogens (tertiary/aromatic N) is 2. The fourth-order valence-corrected chi connectivity index (χ4v) is 3.44. The molecule has 2 aromatic carbocycles. The molecular weight excluding hydrogens is 368 g/mol. The van der Waals surface area contributed by atoms with Crippen LogP contribution in [-0.4, -0.2) is 19.1 Å². The molecule has 0 fully saturated rings. The molecule has 0 aliphatic carbocycles. The van der Waals surface area contributed by atoms with Crippen molar-refractivity contribution in [3.8, 4) is 0 Å². The molecule has 0 aliphatic rings. The van der Waals surface area contributed by atoms with Gasteiger partial charge in [0.15, 0.2) is 0 Å². The first-order chi connectivity index (χ1) is 12.6. The van der Waals surface area contributed by atoms with E-state index >= 15 is 0 Å². The van der Waals surface area contributed by atoms with E-state index in [2.05, 4.69) is 15.2 Å². The minimum Gasteiger partial charge on any atom is -0.279 e. The van der Waals surface area contributed by atoms with E-state index in [9.17, 15) is 18.5 Å². The number of anilines is 2. The molecule has 0 amide bonds. The first-order valence-corrected chi connectivity index (χ1v) is 9.80. The van der Waals surface area contributed by atoms with Crippen LogP contribution in [0.3, 0.4) is 0 Å². The summed E-state index contributed by atoms with van der Waals surface area (Å²) in [4.78, 5) is 10.5. The Balaban J connectivity index is 2.39. The molecule has 0 spiro atoms. The fraction of sp³-hybridized carbons (Fsp3) is 0.278. The second kappa shape index (κ2) is 8.17. The van der Waals surface area contributed by atoms with Gasteiger partial charge in [-0.3, -0.25) is 20.3 Å². The predicted octanol–water partition coefficient (Wildman–Crippen LogP) is 4.21. The largest absolute Gasteiger partial charge is 0.295 e. The molecule has 0 atom stereocenters. The normalized spacial score (nSPS) is 11.9. The highest BCUT2D eigenvalue weighted by Crippen LogP contribution is 2.29. The van der Waals surface area contributed by atoms with E-state index < -0.39 is 14.9 Å². The molecule has 9 heteroatoms. The lowest BCUT2D eigenvalue weighted by Crippen LogP contribution is -2.14.